The van der Waals surface area contributed by atoms with E-state index >= 15 is 0 Å². The molecular weight excluding hydrogens is 608 g/mol. The first-order valence-electron chi connectivity index (χ1n) is 11.5. The van der Waals surface area contributed by atoms with Crippen molar-refractivity contribution in [1.29, 1.82) is 0 Å². The summed E-state index contributed by atoms with van der Waals surface area (Å²) >= 11 is 6.44. The molecule has 6 atom stereocenters. The molecule has 14 heteroatoms. The molecule has 2 aliphatic carbocycles. The third-order valence-corrected chi connectivity index (χ3v) is 8.15. The lowest BCUT2D eigenvalue weighted by atomic mass is 9.86. The van der Waals surface area contributed by atoms with Crippen molar-refractivity contribution >= 4 is 66.7 Å². The van der Waals surface area contributed by atoms with Crippen LogP contribution in [0, 0.1) is 0 Å². The highest BCUT2D eigenvalue weighted by Gasteiger charge is 2.66. The van der Waals surface area contributed by atoms with E-state index in [1.165, 1.54) is 0 Å². The fraction of sp³-hybridized carbons (Fsp3) is 0.545. The van der Waals surface area contributed by atoms with Crippen LogP contribution < -0.4 is 10.6 Å². The number of amides is 2. The number of Topliss-reactive ketones (excluding diaryl/α,β-unsaturated/α-hetero) is 2. The summed E-state index contributed by atoms with van der Waals surface area (Å²) in [4.78, 5) is 59.8. The van der Waals surface area contributed by atoms with Crippen molar-refractivity contribution in [1.82, 2.24) is 10.6 Å². The number of carbonyl (C=O) groups excluding carboxylic acids is 4. The number of fused-ring (bicyclic) bond motifs is 4. The molecule has 0 radical (unpaired) electrons. The number of rotatable bonds is 7. The molecule has 0 saturated carbocycles. The lowest BCUT2D eigenvalue weighted by molar-refractivity contribution is -0.117. The minimum Gasteiger partial charge on any atom is -0.381 e. The van der Waals surface area contributed by atoms with Crippen LogP contribution in [0.1, 0.15) is 25.7 Å². The maximum atomic E-state index is 12.5. The first kappa shape index (κ1) is 23.9. The van der Waals surface area contributed by atoms with Crippen LogP contribution in [0.15, 0.2) is 31.4 Å². The topological polar surface area (TPSA) is 161 Å². The Kier molecular flexibility index (Phi) is 5.70. The highest BCUT2D eigenvalue weighted by molar-refractivity contribution is 9.12. The van der Waals surface area contributed by atoms with Crippen LogP contribution in [0.4, 0.5) is 0 Å². The Hall–Kier alpha value is -2.42. The Morgan fingerprint density at radius 3 is 1.67 bits per heavy atom. The van der Waals surface area contributed by atoms with Gasteiger partial charge in [0.1, 0.15) is 23.6 Å². The van der Waals surface area contributed by atoms with E-state index in [0.717, 1.165) is 0 Å². The number of ether oxygens (including phenoxy) is 2. The van der Waals surface area contributed by atoms with Crippen LogP contribution in [0.3, 0.4) is 0 Å². The van der Waals surface area contributed by atoms with Crippen molar-refractivity contribution in [2.24, 2.45) is 10.3 Å². The molecule has 2 N–H and O–H groups in total. The molecule has 0 aromatic carbocycles. The van der Waals surface area contributed by atoms with E-state index in [4.69, 9.17) is 19.1 Å². The average molecular weight is 628 g/mol. The molecule has 0 aromatic heterocycles. The summed E-state index contributed by atoms with van der Waals surface area (Å²) in [6.07, 6.45) is 2.99. The lowest BCUT2D eigenvalue weighted by Gasteiger charge is -2.23. The van der Waals surface area contributed by atoms with Crippen LogP contribution in [0.25, 0.3) is 0 Å². The molecule has 6 rings (SSSR count). The van der Waals surface area contributed by atoms with Gasteiger partial charge in [-0.3, -0.25) is 19.2 Å². The summed E-state index contributed by atoms with van der Waals surface area (Å²) in [5.74, 6) is -0.953. The second-order valence-corrected chi connectivity index (χ2v) is 11.1. The van der Waals surface area contributed by atoms with Crippen molar-refractivity contribution in [2.75, 3.05) is 13.1 Å². The number of hydrogen-bond acceptors (Lipinski definition) is 10. The molecule has 4 heterocycles. The second kappa shape index (κ2) is 8.57. The van der Waals surface area contributed by atoms with Crippen molar-refractivity contribution in [2.45, 2.75) is 61.3 Å². The van der Waals surface area contributed by atoms with E-state index in [0.29, 0.717) is 34.9 Å². The average Bonchev–Trinajstić information content (AvgIpc) is 3.76. The molecule has 2 spiro atoms. The van der Waals surface area contributed by atoms with Crippen molar-refractivity contribution < 1.29 is 38.3 Å². The number of nitrogens with one attached hydrogen (secondary N) is 2. The minimum atomic E-state index is -0.925. The second-order valence-electron chi connectivity index (χ2n) is 9.41. The number of nitrogens with zero attached hydrogens (tertiary/aromatic N) is 2. The molecule has 0 unspecified atom stereocenters. The van der Waals surface area contributed by atoms with Gasteiger partial charge >= 0.3 is 0 Å². The Bertz CT molecular complexity index is 1120. The van der Waals surface area contributed by atoms with E-state index in [2.05, 4.69) is 52.8 Å². The van der Waals surface area contributed by atoms with Crippen molar-refractivity contribution in [3.63, 3.8) is 0 Å². The van der Waals surface area contributed by atoms with Crippen LogP contribution in [-0.2, 0) is 38.3 Å². The van der Waals surface area contributed by atoms with Gasteiger partial charge in [0.2, 0.25) is 11.6 Å². The molecule has 36 heavy (non-hydrogen) atoms. The maximum Gasteiger partial charge on any atom is 0.269 e. The van der Waals surface area contributed by atoms with Gasteiger partial charge in [-0.1, -0.05) is 10.3 Å². The third-order valence-electron chi connectivity index (χ3n) is 6.91. The first-order valence-corrected chi connectivity index (χ1v) is 13.0. The SMILES string of the molecule is O=C(NCCCCNC(=O)C1=NO[C@@]2(C=C(Br)C(=O)[C@H]3O[C@H]32)C1)C1=NO[C@@]2(C=C(Br)C(=O)[C@H]3O[C@H]32)C1. The lowest BCUT2D eigenvalue weighted by Crippen LogP contribution is -2.42. The van der Waals surface area contributed by atoms with Gasteiger partial charge in [0.25, 0.3) is 11.8 Å². The Labute approximate surface area is 221 Å². The minimum absolute atomic E-state index is 0.132. The fourth-order valence-corrected chi connectivity index (χ4v) is 6.09. The predicted molar refractivity (Wildman–Crippen MR) is 128 cm³/mol. The van der Waals surface area contributed by atoms with Crippen LogP contribution >= 0.6 is 31.9 Å². The number of halogens is 2. The highest BCUT2D eigenvalue weighted by Crippen LogP contribution is 2.49. The molecule has 12 nitrogen and oxygen atoms in total. The standard InChI is InChI=1S/C22H20Br2N4O8/c23-9-5-21(17-15(33-17)13(9)29)7-11(27-35-21)19(31)25-3-1-2-4-26-20(32)12-8-22(36-28-12)6-10(24)14(30)16-18(22)34-16/h5-6,15-18H,1-4,7-8H2,(H,25,31)(H,26,32)/t15-,16-,17-,18-,21+,22+/m1/s1. The summed E-state index contributed by atoms with van der Waals surface area (Å²) in [6.45, 7) is 0.781. The molecule has 0 aromatic rings. The number of epoxide rings is 2. The number of hydrogen-bond donors (Lipinski definition) is 2. The largest absolute Gasteiger partial charge is 0.381 e. The Morgan fingerprint density at radius 2 is 1.25 bits per heavy atom. The Morgan fingerprint density at radius 1 is 0.833 bits per heavy atom. The van der Waals surface area contributed by atoms with Gasteiger partial charge in [-0.15, -0.1) is 0 Å². The van der Waals surface area contributed by atoms with E-state index in [1.54, 1.807) is 12.2 Å². The molecule has 2 fully saturated rings. The molecule has 2 amide bonds. The monoisotopic (exact) mass is 626 g/mol. The molecular formula is C22H20Br2N4O8. The smallest absolute Gasteiger partial charge is 0.269 e. The van der Waals surface area contributed by atoms with Gasteiger partial charge in [0.05, 0.1) is 8.96 Å². The van der Waals surface area contributed by atoms with Crippen molar-refractivity contribution in [3.05, 3.63) is 21.1 Å². The van der Waals surface area contributed by atoms with E-state index in [1.807, 2.05) is 0 Å². The van der Waals surface area contributed by atoms with Crippen LogP contribution in [-0.4, -0.2) is 83.5 Å². The van der Waals surface area contributed by atoms with Crippen molar-refractivity contribution in [3.8, 4) is 0 Å². The predicted octanol–water partition coefficient (Wildman–Crippen LogP) is 0.287. The summed E-state index contributed by atoms with van der Waals surface area (Å²) in [6, 6.07) is 0. The molecule has 2 saturated heterocycles. The number of unbranched alkanes of at least 4 members (excludes halogenated alkanes) is 1. The van der Waals surface area contributed by atoms with E-state index in [9.17, 15) is 19.2 Å². The zero-order chi connectivity index (χ0) is 25.2. The van der Waals surface area contributed by atoms with Crippen LogP contribution in [0.2, 0.25) is 0 Å². The van der Waals surface area contributed by atoms with Gasteiger partial charge in [-0.2, -0.15) is 0 Å². The molecule has 190 valence electrons. The molecule has 4 aliphatic heterocycles. The summed E-state index contributed by atoms with van der Waals surface area (Å²) in [5.41, 5.74) is -1.37. The highest BCUT2D eigenvalue weighted by atomic mass is 79.9. The summed E-state index contributed by atoms with van der Waals surface area (Å²) in [7, 11) is 0. The fourth-order valence-electron chi connectivity index (χ4n) is 4.87. The molecule has 0 bridgehead atoms. The number of ketones is 2. The quantitative estimate of drug-likeness (QED) is 0.301. The maximum absolute atomic E-state index is 12.5. The van der Waals surface area contributed by atoms with Gasteiger partial charge in [0.15, 0.2) is 23.4 Å². The van der Waals surface area contributed by atoms with Gasteiger partial charge < -0.3 is 29.8 Å². The zero-order valence-corrected chi connectivity index (χ0v) is 21.8. The first-order chi connectivity index (χ1) is 17.2. The number of oxime groups is 2. The van der Waals surface area contributed by atoms with Gasteiger partial charge in [-0.25, -0.2) is 0 Å². The summed E-state index contributed by atoms with van der Waals surface area (Å²) < 4.78 is 11.6. The van der Waals surface area contributed by atoms with Gasteiger partial charge in [-0.05, 0) is 56.9 Å². The van der Waals surface area contributed by atoms with Crippen LogP contribution in [0.5, 0.6) is 0 Å². The summed E-state index contributed by atoms with van der Waals surface area (Å²) in [5, 5.41) is 13.4. The molecule has 6 aliphatic rings. The Balaban J connectivity index is 0.900. The zero-order valence-electron chi connectivity index (χ0n) is 18.6. The van der Waals surface area contributed by atoms with E-state index in [-0.39, 0.29) is 47.6 Å². The normalized spacial score (nSPS) is 37.2. The van der Waals surface area contributed by atoms with E-state index < -0.39 is 35.6 Å². The number of carbonyl (C=O) groups is 4. The van der Waals surface area contributed by atoms with Gasteiger partial charge in [0, 0.05) is 25.9 Å². The third kappa shape index (κ3) is 3.94.